The number of carbonyl (C=O) groups is 1. The molecule has 0 fully saturated rings. The van der Waals surface area contributed by atoms with E-state index in [1.807, 2.05) is 13.0 Å². The highest BCUT2D eigenvalue weighted by Crippen LogP contribution is 2.14. The van der Waals surface area contributed by atoms with E-state index in [1.165, 1.54) is 0 Å². The number of carbonyl (C=O) groups excluding carboxylic acids is 1. The lowest BCUT2D eigenvalue weighted by Crippen LogP contribution is -2.22. The molecule has 0 aliphatic rings. The first-order valence-electron chi connectivity index (χ1n) is 5.03. The van der Waals surface area contributed by atoms with Crippen LogP contribution in [0.3, 0.4) is 0 Å². The second kappa shape index (κ2) is 6.14. The maximum Gasteiger partial charge on any atom is 0.319 e. The van der Waals surface area contributed by atoms with Gasteiger partial charge < -0.3 is 5.32 Å². The molecule has 0 aliphatic carbocycles. The summed E-state index contributed by atoms with van der Waals surface area (Å²) in [6.07, 6.45) is 7.80. The van der Waals surface area contributed by atoms with Gasteiger partial charge in [-0.05, 0) is 13.0 Å². The first-order valence-corrected chi connectivity index (χ1v) is 5.03. The monoisotopic (exact) mass is 248 g/mol. The van der Waals surface area contributed by atoms with Crippen molar-refractivity contribution in [2.24, 2.45) is 0 Å². The molecule has 0 saturated carbocycles. The Balaban J connectivity index is 2.74. The molecule has 1 aromatic rings. The molecule has 0 bridgehead atoms. The summed E-state index contributed by atoms with van der Waals surface area (Å²) in [5.41, 5.74) is -0.264. The first-order chi connectivity index (χ1) is 8.56. The third-order valence-electron chi connectivity index (χ3n) is 1.92. The molecular weight excluding hydrogens is 236 g/mol. The summed E-state index contributed by atoms with van der Waals surface area (Å²) in [5, 5.41) is 18.7. The summed E-state index contributed by atoms with van der Waals surface area (Å²) in [4.78, 5) is 21.6. The van der Waals surface area contributed by atoms with E-state index in [0.717, 1.165) is 6.20 Å². The fourth-order valence-electron chi connectivity index (χ4n) is 1.12. The minimum Gasteiger partial charge on any atom is -0.321 e. The molecule has 7 heteroatoms. The number of aromatic nitrogens is 2. The number of nitro groups is 1. The maximum absolute atomic E-state index is 11.7. The van der Waals surface area contributed by atoms with Crippen LogP contribution in [0.15, 0.2) is 42.8 Å². The van der Waals surface area contributed by atoms with Crippen LogP contribution in [0, 0.1) is 10.1 Å². The first kappa shape index (κ1) is 13.4. The highest BCUT2D eigenvalue weighted by molar-refractivity contribution is 5.97. The lowest BCUT2D eigenvalue weighted by atomic mass is 10.3. The van der Waals surface area contributed by atoms with Crippen LogP contribution in [-0.2, 0) is 0 Å². The molecule has 0 aliphatic heterocycles. The van der Waals surface area contributed by atoms with E-state index in [9.17, 15) is 14.9 Å². The van der Waals surface area contributed by atoms with Gasteiger partial charge in [0.25, 0.3) is 5.91 Å². The Bertz CT molecular complexity index is 528. The molecule has 94 valence electrons. The van der Waals surface area contributed by atoms with E-state index in [0.29, 0.717) is 5.70 Å². The molecule has 2 N–H and O–H groups in total. The average molecular weight is 248 g/mol. The minimum absolute atomic E-state index is 0.208. The zero-order chi connectivity index (χ0) is 13.5. The number of H-pyrrole nitrogens is 1. The molecule has 0 saturated heterocycles. The Morgan fingerprint density at radius 1 is 1.61 bits per heavy atom. The fraction of sp³-hybridized carbons (Fsp3) is 0.0909. The second-order valence-electron chi connectivity index (χ2n) is 3.25. The number of nitrogens with one attached hydrogen (secondary N) is 2. The standard InChI is InChI=1S/C11H12N4O3/c1-3-4-5-6-8(2)13-11(16)10-9(15(17)18)7-12-14-10/h3-7H,2H2,1H3,(H,12,14)(H,13,16)/b4-3-,6-5-. The summed E-state index contributed by atoms with van der Waals surface area (Å²) >= 11 is 0. The zero-order valence-corrected chi connectivity index (χ0v) is 9.71. The zero-order valence-electron chi connectivity index (χ0n) is 9.71. The van der Waals surface area contributed by atoms with Crippen molar-refractivity contribution in [3.05, 3.63) is 58.6 Å². The Hall–Kier alpha value is -2.70. The van der Waals surface area contributed by atoms with Gasteiger partial charge in [0.1, 0.15) is 6.20 Å². The Morgan fingerprint density at radius 3 is 2.94 bits per heavy atom. The number of hydrogen-bond acceptors (Lipinski definition) is 4. The summed E-state index contributed by atoms with van der Waals surface area (Å²) in [7, 11) is 0. The molecule has 7 nitrogen and oxygen atoms in total. The van der Waals surface area contributed by atoms with Gasteiger partial charge in [-0.1, -0.05) is 24.8 Å². The SMILES string of the molecule is C=C(/C=C\C=C/C)NC(=O)c1[nH]ncc1[N+](=O)[O-]. The highest BCUT2D eigenvalue weighted by atomic mass is 16.6. The molecule has 0 atom stereocenters. The quantitative estimate of drug-likeness (QED) is 0.470. The summed E-state index contributed by atoms with van der Waals surface area (Å²) in [5.74, 6) is -0.658. The van der Waals surface area contributed by atoms with E-state index in [4.69, 9.17) is 0 Å². The van der Waals surface area contributed by atoms with Crippen LogP contribution in [0.2, 0.25) is 0 Å². The Morgan fingerprint density at radius 2 is 2.33 bits per heavy atom. The van der Waals surface area contributed by atoms with Gasteiger partial charge in [0.2, 0.25) is 5.69 Å². The average Bonchev–Trinajstić information content (AvgIpc) is 2.78. The predicted molar refractivity (Wildman–Crippen MR) is 65.8 cm³/mol. The van der Waals surface area contributed by atoms with Crippen molar-refractivity contribution in [2.45, 2.75) is 6.92 Å². The summed E-state index contributed by atoms with van der Waals surface area (Å²) in [6, 6.07) is 0. The fourth-order valence-corrected chi connectivity index (χ4v) is 1.12. The predicted octanol–water partition coefficient (Wildman–Crippen LogP) is 1.69. The Kier molecular flexibility index (Phi) is 4.56. The number of hydrogen-bond donors (Lipinski definition) is 2. The van der Waals surface area contributed by atoms with Crippen molar-refractivity contribution in [2.75, 3.05) is 0 Å². The molecule has 0 radical (unpaired) electrons. The van der Waals surface area contributed by atoms with Gasteiger partial charge in [0.05, 0.1) is 4.92 Å². The maximum atomic E-state index is 11.7. The lowest BCUT2D eigenvalue weighted by Gasteiger charge is -2.01. The third-order valence-corrected chi connectivity index (χ3v) is 1.92. The van der Waals surface area contributed by atoms with Gasteiger partial charge >= 0.3 is 5.69 Å². The van der Waals surface area contributed by atoms with Crippen molar-refractivity contribution >= 4 is 11.6 Å². The molecular formula is C11H12N4O3. The normalized spacial score (nSPS) is 10.9. The van der Waals surface area contributed by atoms with Crippen LogP contribution in [0.4, 0.5) is 5.69 Å². The van der Waals surface area contributed by atoms with Gasteiger partial charge in [-0.25, -0.2) is 0 Å². The van der Waals surface area contributed by atoms with E-state index in [1.54, 1.807) is 18.2 Å². The van der Waals surface area contributed by atoms with Gasteiger partial charge in [0.15, 0.2) is 0 Å². The molecule has 1 rings (SSSR count). The lowest BCUT2D eigenvalue weighted by molar-refractivity contribution is -0.385. The van der Waals surface area contributed by atoms with E-state index in [-0.39, 0.29) is 11.4 Å². The van der Waals surface area contributed by atoms with E-state index in [2.05, 4.69) is 22.1 Å². The van der Waals surface area contributed by atoms with Gasteiger partial charge in [0, 0.05) is 5.70 Å². The van der Waals surface area contributed by atoms with Gasteiger partial charge in [-0.15, -0.1) is 0 Å². The van der Waals surface area contributed by atoms with E-state index < -0.39 is 10.8 Å². The summed E-state index contributed by atoms with van der Waals surface area (Å²) in [6.45, 7) is 5.44. The molecule has 1 amide bonds. The topological polar surface area (TPSA) is 101 Å². The number of allylic oxidation sites excluding steroid dienone is 4. The van der Waals surface area contributed by atoms with Crippen molar-refractivity contribution in [3.63, 3.8) is 0 Å². The minimum atomic E-state index is -0.684. The third kappa shape index (κ3) is 3.41. The van der Waals surface area contributed by atoms with Crippen molar-refractivity contribution in [1.82, 2.24) is 15.5 Å². The largest absolute Gasteiger partial charge is 0.321 e. The number of nitrogens with zero attached hydrogens (tertiary/aromatic N) is 2. The van der Waals surface area contributed by atoms with Gasteiger partial charge in [-0.2, -0.15) is 5.10 Å². The van der Waals surface area contributed by atoms with Crippen molar-refractivity contribution in [1.29, 1.82) is 0 Å². The smallest absolute Gasteiger partial charge is 0.319 e. The van der Waals surface area contributed by atoms with Crippen molar-refractivity contribution in [3.8, 4) is 0 Å². The summed E-state index contributed by atoms with van der Waals surface area (Å²) < 4.78 is 0. The van der Waals surface area contributed by atoms with Crippen LogP contribution in [0.25, 0.3) is 0 Å². The number of rotatable bonds is 5. The molecule has 18 heavy (non-hydrogen) atoms. The highest BCUT2D eigenvalue weighted by Gasteiger charge is 2.22. The Labute approximate surface area is 103 Å². The molecule has 0 aromatic carbocycles. The molecule has 0 unspecified atom stereocenters. The van der Waals surface area contributed by atoms with Crippen LogP contribution in [0.5, 0.6) is 0 Å². The molecule has 1 heterocycles. The van der Waals surface area contributed by atoms with Crippen LogP contribution >= 0.6 is 0 Å². The van der Waals surface area contributed by atoms with Crippen molar-refractivity contribution < 1.29 is 9.72 Å². The molecule has 1 aromatic heterocycles. The van der Waals surface area contributed by atoms with Gasteiger partial charge in [-0.3, -0.25) is 20.0 Å². The molecule has 0 spiro atoms. The van der Waals surface area contributed by atoms with E-state index >= 15 is 0 Å². The number of amides is 1. The van der Waals surface area contributed by atoms with Crippen LogP contribution < -0.4 is 5.32 Å². The number of aromatic amines is 1. The van der Waals surface area contributed by atoms with Crippen LogP contribution in [-0.4, -0.2) is 21.0 Å². The van der Waals surface area contributed by atoms with Crippen LogP contribution in [0.1, 0.15) is 17.4 Å². The second-order valence-corrected chi connectivity index (χ2v) is 3.25.